The van der Waals surface area contributed by atoms with E-state index in [0.29, 0.717) is 32.2 Å². The highest BCUT2D eigenvalue weighted by Gasteiger charge is 2.40. The lowest BCUT2D eigenvalue weighted by atomic mass is 10.1. The lowest BCUT2D eigenvalue weighted by molar-refractivity contribution is -0.123. The molecule has 152 valence electrons. The zero-order valence-corrected chi connectivity index (χ0v) is 17.7. The van der Waals surface area contributed by atoms with Gasteiger partial charge in [-0.05, 0) is 36.3 Å². The molecule has 0 aromatic carbocycles. The first-order chi connectivity index (χ1) is 12.7. The molecule has 1 atom stereocenters. The highest BCUT2D eigenvalue weighted by atomic mass is 32.2. The second-order valence-corrected chi connectivity index (χ2v) is 11.6. The minimum atomic E-state index is -4.02. The molecule has 0 radical (unpaired) electrons. The number of unbranched alkanes of at least 4 members (excludes halogenated alkanes) is 1. The van der Waals surface area contributed by atoms with E-state index < -0.39 is 32.2 Å². The molecule has 1 N–H and O–H groups in total. The molecule has 1 aromatic heterocycles. The van der Waals surface area contributed by atoms with E-state index in [1.165, 1.54) is 8.61 Å². The molecule has 1 aromatic rings. The van der Waals surface area contributed by atoms with Crippen LogP contribution in [0.3, 0.4) is 0 Å². The summed E-state index contributed by atoms with van der Waals surface area (Å²) in [6, 6.07) is 0.915. The Morgan fingerprint density at radius 2 is 2.15 bits per heavy atom. The molecule has 2 aliphatic heterocycles. The molecule has 1 saturated heterocycles. The van der Waals surface area contributed by atoms with E-state index in [2.05, 4.69) is 4.72 Å². The van der Waals surface area contributed by atoms with Gasteiger partial charge in [0.1, 0.15) is 6.04 Å². The van der Waals surface area contributed by atoms with Gasteiger partial charge in [0.2, 0.25) is 10.0 Å². The number of carbonyl (C=O) groups excluding carboxylic acids is 1. The molecule has 3 rings (SSSR count). The topological polar surface area (TPSA) is 104 Å². The fourth-order valence-corrected chi connectivity index (χ4v) is 7.27. The maximum Gasteiger partial charge on any atom is 0.304 e. The SMILES string of the molecule is CCCC[C@@H](C(=O)NS(=O)(=O)N1CCc2sccc2C1)N1CCCS1(=O)=O. The summed E-state index contributed by atoms with van der Waals surface area (Å²) in [5.41, 5.74) is 0.953. The van der Waals surface area contributed by atoms with Crippen molar-refractivity contribution >= 4 is 37.5 Å². The number of nitrogens with zero attached hydrogens (tertiary/aromatic N) is 2. The fourth-order valence-electron chi connectivity index (χ4n) is 3.50. The molecule has 0 bridgehead atoms. The maximum atomic E-state index is 12.8. The Bertz CT molecular complexity index is 894. The van der Waals surface area contributed by atoms with Crippen molar-refractivity contribution < 1.29 is 21.6 Å². The fraction of sp³-hybridized carbons (Fsp3) is 0.688. The Hall–Kier alpha value is -1.01. The lowest BCUT2D eigenvalue weighted by Gasteiger charge is -2.29. The van der Waals surface area contributed by atoms with Crippen LogP contribution in [0.4, 0.5) is 0 Å². The van der Waals surface area contributed by atoms with E-state index in [4.69, 9.17) is 0 Å². The summed E-state index contributed by atoms with van der Waals surface area (Å²) in [6.07, 6.45) is 2.81. The molecule has 0 spiro atoms. The van der Waals surface area contributed by atoms with Crippen LogP contribution in [0.1, 0.15) is 43.0 Å². The first-order valence-electron chi connectivity index (χ1n) is 9.11. The van der Waals surface area contributed by atoms with Gasteiger partial charge in [-0.2, -0.15) is 17.0 Å². The Morgan fingerprint density at radius 3 is 2.81 bits per heavy atom. The summed E-state index contributed by atoms with van der Waals surface area (Å²) >= 11 is 1.60. The van der Waals surface area contributed by atoms with Gasteiger partial charge < -0.3 is 0 Å². The van der Waals surface area contributed by atoms with Gasteiger partial charge in [-0.25, -0.2) is 13.1 Å². The summed E-state index contributed by atoms with van der Waals surface area (Å²) in [7, 11) is -7.53. The monoisotopic (exact) mass is 435 g/mol. The summed E-state index contributed by atoms with van der Waals surface area (Å²) in [5, 5.41) is 1.93. The molecule has 1 fully saturated rings. The third-order valence-electron chi connectivity index (χ3n) is 4.96. The van der Waals surface area contributed by atoms with E-state index in [1.807, 2.05) is 18.4 Å². The van der Waals surface area contributed by atoms with Crippen molar-refractivity contribution in [2.24, 2.45) is 0 Å². The van der Waals surface area contributed by atoms with Crippen molar-refractivity contribution in [3.05, 3.63) is 21.9 Å². The van der Waals surface area contributed by atoms with Crippen LogP contribution in [0, 0.1) is 0 Å². The van der Waals surface area contributed by atoms with E-state index in [9.17, 15) is 21.6 Å². The van der Waals surface area contributed by atoms with Gasteiger partial charge in [-0.3, -0.25) is 4.79 Å². The normalized spacial score (nSPS) is 21.7. The average Bonchev–Trinajstić information content (AvgIpc) is 3.20. The second kappa shape index (κ2) is 8.16. The Morgan fingerprint density at radius 1 is 1.37 bits per heavy atom. The van der Waals surface area contributed by atoms with Crippen LogP contribution in [0.15, 0.2) is 11.4 Å². The average molecular weight is 436 g/mol. The highest BCUT2D eigenvalue weighted by Crippen LogP contribution is 2.26. The van der Waals surface area contributed by atoms with Crippen LogP contribution in [-0.2, 0) is 38.0 Å². The molecule has 2 aliphatic rings. The standard InChI is InChI=1S/C16H25N3O5S3/c1-2-3-5-14(19-8-4-11-26(19,21)22)16(20)17-27(23,24)18-9-6-15-13(12-18)7-10-25-15/h7,10,14H,2-6,8-9,11-12H2,1H3,(H,17,20)/t14-/m0/s1. The van der Waals surface area contributed by atoms with Crippen LogP contribution < -0.4 is 4.72 Å². The van der Waals surface area contributed by atoms with Crippen molar-refractivity contribution in [3.8, 4) is 0 Å². The number of fused-ring (bicyclic) bond motifs is 1. The molecule has 0 saturated carbocycles. The largest absolute Gasteiger partial charge is 0.304 e. The van der Waals surface area contributed by atoms with Crippen molar-refractivity contribution in [3.63, 3.8) is 0 Å². The van der Waals surface area contributed by atoms with Crippen LogP contribution in [0.2, 0.25) is 0 Å². The summed E-state index contributed by atoms with van der Waals surface area (Å²) in [5.74, 6) is -0.757. The van der Waals surface area contributed by atoms with Crippen molar-refractivity contribution in [2.75, 3.05) is 18.8 Å². The predicted molar refractivity (Wildman–Crippen MR) is 104 cm³/mol. The molecule has 11 heteroatoms. The van der Waals surface area contributed by atoms with Crippen molar-refractivity contribution in [1.82, 2.24) is 13.3 Å². The first kappa shape index (κ1) is 20.7. The molecular weight excluding hydrogens is 410 g/mol. The molecule has 3 heterocycles. The number of hydrogen-bond acceptors (Lipinski definition) is 6. The van der Waals surface area contributed by atoms with E-state index in [1.54, 1.807) is 11.3 Å². The zero-order valence-electron chi connectivity index (χ0n) is 15.3. The maximum absolute atomic E-state index is 12.8. The summed E-state index contributed by atoms with van der Waals surface area (Å²) in [4.78, 5) is 13.9. The van der Waals surface area contributed by atoms with Gasteiger partial charge in [0.15, 0.2) is 0 Å². The lowest BCUT2D eigenvalue weighted by Crippen LogP contribution is -2.52. The van der Waals surface area contributed by atoms with Gasteiger partial charge in [0.05, 0.1) is 5.75 Å². The number of sulfonamides is 1. The quantitative estimate of drug-likeness (QED) is 0.690. The van der Waals surface area contributed by atoms with Crippen molar-refractivity contribution in [1.29, 1.82) is 0 Å². The number of amides is 1. The number of thiophene rings is 1. The Labute approximate surface area is 164 Å². The summed E-state index contributed by atoms with van der Waals surface area (Å²) in [6.45, 7) is 2.73. The summed E-state index contributed by atoms with van der Waals surface area (Å²) < 4.78 is 54.4. The van der Waals surface area contributed by atoms with Crippen molar-refractivity contribution in [2.45, 2.75) is 51.6 Å². The molecular formula is C16H25N3O5S3. The van der Waals surface area contributed by atoms with Gasteiger partial charge in [-0.15, -0.1) is 11.3 Å². The van der Waals surface area contributed by atoms with Gasteiger partial charge >= 0.3 is 10.2 Å². The molecule has 27 heavy (non-hydrogen) atoms. The third kappa shape index (κ3) is 4.53. The second-order valence-electron chi connectivity index (χ2n) is 6.86. The number of rotatable bonds is 7. The predicted octanol–water partition coefficient (Wildman–Crippen LogP) is 1.06. The number of carbonyl (C=O) groups is 1. The Balaban J connectivity index is 1.74. The smallest absolute Gasteiger partial charge is 0.272 e. The van der Waals surface area contributed by atoms with E-state index in [0.717, 1.165) is 16.9 Å². The molecule has 0 unspecified atom stereocenters. The van der Waals surface area contributed by atoms with Gasteiger partial charge in [0.25, 0.3) is 5.91 Å². The Kier molecular flexibility index (Phi) is 6.26. The first-order valence-corrected chi connectivity index (χ1v) is 13.0. The van der Waals surface area contributed by atoms with E-state index in [-0.39, 0.29) is 18.8 Å². The molecule has 1 amide bonds. The number of hydrogen-bond donors (Lipinski definition) is 1. The van der Waals surface area contributed by atoms with Gasteiger partial charge in [0, 0.05) is 24.5 Å². The van der Waals surface area contributed by atoms with Crippen LogP contribution in [0.5, 0.6) is 0 Å². The zero-order chi connectivity index (χ0) is 19.7. The minimum Gasteiger partial charge on any atom is -0.272 e. The van der Waals surface area contributed by atoms with Crippen LogP contribution in [0.25, 0.3) is 0 Å². The van der Waals surface area contributed by atoms with Crippen LogP contribution >= 0.6 is 11.3 Å². The van der Waals surface area contributed by atoms with Crippen LogP contribution in [-0.4, -0.2) is 56.2 Å². The molecule has 8 nitrogen and oxygen atoms in total. The van der Waals surface area contributed by atoms with Gasteiger partial charge in [-0.1, -0.05) is 19.8 Å². The minimum absolute atomic E-state index is 0.00269. The third-order valence-corrected chi connectivity index (χ3v) is 9.39. The number of nitrogens with one attached hydrogen (secondary N) is 1. The van der Waals surface area contributed by atoms with E-state index >= 15 is 0 Å². The molecule has 0 aliphatic carbocycles. The highest BCUT2D eigenvalue weighted by molar-refractivity contribution is 7.89.